The number of likely N-dealkylation sites (tertiary alicyclic amines) is 1. The summed E-state index contributed by atoms with van der Waals surface area (Å²) in [6, 6.07) is 4.58. The Morgan fingerprint density at radius 2 is 1.94 bits per heavy atom. The Balaban J connectivity index is 1.78. The second-order valence-electron chi connectivity index (χ2n) is 7.89. The number of nitrogen functional groups attached to an aromatic ring is 1. The number of amides is 2. The fourth-order valence-electron chi connectivity index (χ4n) is 3.55. The second-order valence-corrected chi connectivity index (χ2v) is 9.64. The number of hydrogen-bond donors (Lipinski definition) is 3. The lowest BCUT2D eigenvalue weighted by Gasteiger charge is -2.38. The summed E-state index contributed by atoms with van der Waals surface area (Å²) < 4.78 is 25.0. The largest absolute Gasteiger partial charge is 0.383 e. The van der Waals surface area contributed by atoms with Crippen molar-refractivity contribution in [3.8, 4) is 0 Å². The highest BCUT2D eigenvalue weighted by Crippen LogP contribution is 2.33. The molecule has 166 valence electrons. The third-order valence-corrected chi connectivity index (χ3v) is 5.69. The average molecular weight is 447 g/mol. The third-order valence-electron chi connectivity index (χ3n) is 5.11. The fraction of sp³-hybridized carbons (Fsp3) is 0.400. The molecule has 2 aromatic heterocycles. The maximum Gasteiger partial charge on any atom is 0.313 e. The number of pyridine rings is 2. The van der Waals surface area contributed by atoms with E-state index in [9.17, 15) is 18.0 Å². The van der Waals surface area contributed by atoms with E-state index in [4.69, 9.17) is 5.73 Å². The molecule has 3 rings (SSSR count). The van der Waals surface area contributed by atoms with E-state index in [0.717, 1.165) is 18.2 Å². The molecule has 2 atom stereocenters. The van der Waals surface area contributed by atoms with Crippen LogP contribution in [0.1, 0.15) is 36.9 Å². The van der Waals surface area contributed by atoms with Gasteiger partial charge in [-0.1, -0.05) is 13.0 Å². The van der Waals surface area contributed by atoms with E-state index < -0.39 is 21.8 Å². The molecule has 0 saturated carbocycles. The number of piperidine rings is 1. The molecule has 0 bridgehead atoms. The number of carbonyl (C=O) groups is 2. The number of anilines is 3. The normalized spacial score (nSPS) is 19.0. The zero-order valence-corrected chi connectivity index (χ0v) is 18.4. The number of hydrogen-bond acceptors (Lipinski definition) is 7. The van der Waals surface area contributed by atoms with Crippen LogP contribution in [-0.4, -0.2) is 47.9 Å². The Hall–Kier alpha value is -3.21. The first-order chi connectivity index (χ1) is 14.5. The van der Waals surface area contributed by atoms with Gasteiger partial charge in [-0.2, -0.15) is 0 Å². The minimum atomic E-state index is -3.44. The molecule has 3 heterocycles. The standard InChI is InChI=1S/C20H26N6O4S/c1-12-4-6-16(14-5-7-17(22-9-14)25-31(3,29)30)26(11-12)20(28)19(27)24-15-8-13(2)18(21)23-10-15/h5,7-10,12,16H,4,6,11H2,1-3H3,(H2,21,23)(H,22,25)(H,24,27)/t12-,16+/m0/s1. The molecule has 1 aliphatic rings. The van der Waals surface area contributed by atoms with E-state index in [1.165, 1.54) is 12.4 Å². The Morgan fingerprint density at radius 3 is 2.55 bits per heavy atom. The summed E-state index contributed by atoms with van der Waals surface area (Å²) in [5, 5.41) is 2.59. The summed E-state index contributed by atoms with van der Waals surface area (Å²) in [5.74, 6) is -0.613. The van der Waals surface area contributed by atoms with Crippen molar-refractivity contribution < 1.29 is 18.0 Å². The van der Waals surface area contributed by atoms with Crippen LogP contribution in [0.3, 0.4) is 0 Å². The van der Waals surface area contributed by atoms with Crippen LogP contribution in [-0.2, 0) is 19.6 Å². The van der Waals surface area contributed by atoms with Gasteiger partial charge in [0.1, 0.15) is 11.6 Å². The quantitative estimate of drug-likeness (QED) is 0.605. The fourth-order valence-corrected chi connectivity index (χ4v) is 4.05. The van der Waals surface area contributed by atoms with E-state index in [1.54, 1.807) is 30.0 Å². The van der Waals surface area contributed by atoms with Gasteiger partial charge in [-0.3, -0.25) is 14.3 Å². The Labute approximate surface area is 181 Å². The molecular formula is C20H26N6O4S. The van der Waals surface area contributed by atoms with Crippen LogP contribution in [0.25, 0.3) is 0 Å². The van der Waals surface area contributed by atoms with Crippen LogP contribution in [0.2, 0.25) is 0 Å². The van der Waals surface area contributed by atoms with E-state index in [2.05, 4.69) is 20.0 Å². The minimum absolute atomic E-state index is 0.192. The van der Waals surface area contributed by atoms with Crippen LogP contribution in [0.4, 0.5) is 17.3 Å². The highest BCUT2D eigenvalue weighted by atomic mass is 32.2. The lowest BCUT2D eigenvalue weighted by molar-refractivity contribution is -0.146. The third kappa shape index (κ3) is 5.69. The summed E-state index contributed by atoms with van der Waals surface area (Å²) in [7, 11) is -3.44. The summed E-state index contributed by atoms with van der Waals surface area (Å²) >= 11 is 0. The molecule has 0 unspecified atom stereocenters. The molecule has 1 fully saturated rings. The maximum absolute atomic E-state index is 13.0. The number of nitrogens with zero attached hydrogens (tertiary/aromatic N) is 3. The van der Waals surface area contributed by atoms with Crippen molar-refractivity contribution in [3.63, 3.8) is 0 Å². The molecule has 11 heteroatoms. The van der Waals surface area contributed by atoms with E-state index in [1.807, 2.05) is 6.92 Å². The summed E-state index contributed by atoms with van der Waals surface area (Å²) in [6.45, 7) is 4.22. The molecule has 10 nitrogen and oxygen atoms in total. The number of aryl methyl sites for hydroxylation is 1. The SMILES string of the molecule is Cc1cc(NC(=O)C(=O)N2C[C@@H](C)CC[C@@H]2c2ccc(NS(C)(=O)=O)nc2)cnc1N. The smallest absolute Gasteiger partial charge is 0.313 e. The van der Waals surface area contributed by atoms with Gasteiger partial charge in [-0.15, -0.1) is 0 Å². The van der Waals surface area contributed by atoms with E-state index in [0.29, 0.717) is 30.0 Å². The highest BCUT2D eigenvalue weighted by Gasteiger charge is 2.34. The van der Waals surface area contributed by atoms with Crippen molar-refractivity contribution in [1.82, 2.24) is 14.9 Å². The molecule has 4 N–H and O–H groups in total. The number of aromatic nitrogens is 2. The highest BCUT2D eigenvalue weighted by molar-refractivity contribution is 7.92. The predicted octanol–water partition coefficient (Wildman–Crippen LogP) is 1.68. The van der Waals surface area contributed by atoms with Gasteiger partial charge in [-0.25, -0.2) is 18.4 Å². The van der Waals surface area contributed by atoms with Crippen molar-refractivity contribution in [3.05, 3.63) is 41.7 Å². The average Bonchev–Trinajstić information content (AvgIpc) is 2.69. The summed E-state index contributed by atoms with van der Waals surface area (Å²) in [6.07, 6.45) is 5.53. The van der Waals surface area contributed by atoms with Crippen molar-refractivity contribution in [2.24, 2.45) is 5.92 Å². The van der Waals surface area contributed by atoms with Crippen molar-refractivity contribution in [2.45, 2.75) is 32.7 Å². The van der Waals surface area contributed by atoms with Gasteiger partial charge in [0, 0.05) is 12.7 Å². The zero-order chi connectivity index (χ0) is 22.8. The molecule has 2 amide bonds. The molecule has 31 heavy (non-hydrogen) atoms. The molecule has 0 aromatic carbocycles. The lowest BCUT2D eigenvalue weighted by atomic mass is 9.90. The molecule has 1 saturated heterocycles. The molecule has 0 radical (unpaired) electrons. The van der Waals surface area contributed by atoms with Crippen LogP contribution >= 0.6 is 0 Å². The first kappa shape index (κ1) is 22.5. The summed E-state index contributed by atoms with van der Waals surface area (Å²) in [4.78, 5) is 35.3. The Morgan fingerprint density at radius 1 is 1.19 bits per heavy atom. The molecule has 0 spiro atoms. The minimum Gasteiger partial charge on any atom is -0.383 e. The van der Waals surface area contributed by atoms with Crippen molar-refractivity contribution in [2.75, 3.05) is 28.6 Å². The predicted molar refractivity (Wildman–Crippen MR) is 118 cm³/mol. The number of nitrogens with two attached hydrogens (primary N) is 1. The van der Waals surface area contributed by atoms with E-state index in [-0.39, 0.29) is 17.8 Å². The van der Waals surface area contributed by atoms with Crippen molar-refractivity contribution >= 4 is 39.2 Å². The van der Waals surface area contributed by atoms with E-state index >= 15 is 0 Å². The Kier molecular flexibility index (Phi) is 6.44. The van der Waals surface area contributed by atoms with Gasteiger partial charge in [0.25, 0.3) is 0 Å². The molecule has 1 aliphatic heterocycles. The van der Waals surface area contributed by atoms with Crippen LogP contribution in [0, 0.1) is 12.8 Å². The molecule has 2 aromatic rings. The number of rotatable bonds is 4. The van der Waals surface area contributed by atoms with Gasteiger partial charge in [0.05, 0.1) is 24.2 Å². The zero-order valence-electron chi connectivity index (χ0n) is 17.6. The van der Waals surface area contributed by atoms with Gasteiger partial charge in [0.15, 0.2) is 0 Å². The van der Waals surface area contributed by atoms with Gasteiger partial charge < -0.3 is 16.0 Å². The lowest BCUT2D eigenvalue weighted by Crippen LogP contribution is -2.46. The molecule has 0 aliphatic carbocycles. The monoisotopic (exact) mass is 446 g/mol. The number of sulfonamides is 1. The first-order valence-electron chi connectivity index (χ1n) is 9.81. The van der Waals surface area contributed by atoms with Crippen LogP contribution in [0.5, 0.6) is 0 Å². The van der Waals surface area contributed by atoms with Crippen LogP contribution in [0.15, 0.2) is 30.6 Å². The van der Waals surface area contributed by atoms with Gasteiger partial charge >= 0.3 is 11.8 Å². The van der Waals surface area contributed by atoms with Crippen LogP contribution < -0.4 is 15.8 Å². The molecular weight excluding hydrogens is 420 g/mol. The Bertz CT molecular complexity index is 1090. The number of carbonyl (C=O) groups excluding carboxylic acids is 2. The maximum atomic E-state index is 13.0. The van der Waals surface area contributed by atoms with Crippen molar-refractivity contribution in [1.29, 1.82) is 0 Å². The first-order valence-corrected chi connectivity index (χ1v) is 11.7. The second kappa shape index (κ2) is 8.88. The topological polar surface area (TPSA) is 147 Å². The summed E-state index contributed by atoms with van der Waals surface area (Å²) in [5.41, 5.74) is 7.52. The van der Waals surface area contributed by atoms with Gasteiger partial charge in [-0.05, 0) is 48.9 Å². The number of nitrogens with one attached hydrogen (secondary N) is 2. The van der Waals surface area contributed by atoms with Gasteiger partial charge in [0.2, 0.25) is 10.0 Å².